The quantitative estimate of drug-likeness (QED) is 0.0254. The first-order valence-electron chi connectivity index (χ1n) is 29.7. The molecule has 8 rings (SSSR count). The lowest BCUT2D eigenvalue weighted by molar-refractivity contribution is -0.146. The number of anilines is 2. The number of sulfonamides is 2. The number of amides is 3. The van der Waals surface area contributed by atoms with Crippen LogP contribution in [0.25, 0.3) is 0 Å². The fourth-order valence-corrected chi connectivity index (χ4v) is 10.6. The van der Waals surface area contributed by atoms with Crippen LogP contribution in [0.3, 0.4) is 0 Å². The van der Waals surface area contributed by atoms with Crippen LogP contribution in [-0.4, -0.2) is 105 Å². The molecule has 6 N–H and O–H groups in total. The van der Waals surface area contributed by atoms with E-state index in [2.05, 4.69) is 20.8 Å². The number of aliphatic carboxylic acids is 1. The number of hydrogen-bond acceptors (Lipinski definition) is 18. The highest BCUT2D eigenvalue weighted by atomic mass is 32.2. The molecule has 0 fully saturated rings. The van der Waals surface area contributed by atoms with E-state index in [-0.39, 0.29) is 60.8 Å². The molecule has 0 saturated carbocycles. The maximum Gasteiger partial charge on any atom is 0.431 e. The summed E-state index contributed by atoms with van der Waals surface area (Å²) in [4.78, 5) is 72.1. The zero-order chi connectivity index (χ0) is 71.5. The number of primary sulfonamides is 1. The minimum absolute atomic E-state index is 0.0211. The molecule has 520 valence electrons. The Balaban J connectivity index is 0.000000254. The summed E-state index contributed by atoms with van der Waals surface area (Å²) in [6.07, 6.45) is -12.6. The first-order chi connectivity index (χ1) is 45.3. The monoisotopic (exact) mass is 1390 g/mol. The second kappa shape index (κ2) is 33.2. The number of ether oxygens (including phenoxy) is 4. The second-order valence-electron chi connectivity index (χ2n) is 23.6. The van der Waals surface area contributed by atoms with Gasteiger partial charge in [0.25, 0.3) is 15.9 Å². The molecule has 2 aliphatic heterocycles. The predicted octanol–water partition coefficient (Wildman–Crippen LogP) is 11.5. The Morgan fingerprint density at radius 3 is 1.21 bits per heavy atom. The Hall–Kier alpha value is -9.88. The zero-order valence-corrected chi connectivity index (χ0v) is 54.9. The molecule has 0 spiro atoms. The summed E-state index contributed by atoms with van der Waals surface area (Å²) in [6, 6.07) is 41.1. The highest BCUT2D eigenvalue weighted by Gasteiger charge is 2.45. The number of benzene rings is 6. The predicted molar refractivity (Wildman–Crippen MR) is 344 cm³/mol. The van der Waals surface area contributed by atoms with Gasteiger partial charge < -0.3 is 34.7 Å². The van der Waals surface area contributed by atoms with Crippen molar-refractivity contribution in [2.24, 2.45) is 15.3 Å². The topological polar surface area (TPSA) is 321 Å². The Morgan fingerprint density at radius 1 is 0.526 bits per heavy atom. The van der Waals surface area contributed by atoms with E-state index in [1.807, 2.05) is 35.1 Å². The molecule has 2 heterocycles. The fraction of sp³-hybridized carbons (Fsp3) is 0.333. The molecule has 0 radical (unpaired) electrons. The van der Waals surface area contributed by atoms with Gasteiger partial charge in [-0.15, -0.1) is 0 Å². The summed E-state index contributed by atoms with van der Waals surface area (Å²) < 4.78 is 151. The van der Waals surface area contributed by atoms with Crippen molar-refractivity contribution < 1.29 is 96.0 Å². The van der Waals surface area contributed by atoms with Crippen LogP contribution in [0.2, 0.25) is 0 Å². The number of alkyl halides is 6. The van der Waals surface area contributed by atoms with Crippen LogP contribution in [0, 0.1) is 0 Å². The Bertz CT molecular complexity index is 3960. The van der Waals surface area contributed by atoms with Crippen molar-refractivity contribution in [3.05, 3.63) is 192 Å². The lowest BCUT2D eigenvalue weighted by Gasteiger charge is -2.24. The van der Waals surface area contributed by atoms with Gasteiger partial charge in [0.15, 0.2) is 0 Å². The van der Waals surface area contributed by atoms with Gasteiger partial charge in [0.2, 0.25) is 10.0 Å². The molecule has 23 nitrogen and oxygen atoms in total. The average Bonchev–Trinajstić information content (AvgIpc) is 1.68. The summed E-state index contributed by atoms with van der Waals surface area (Å²) in [5.74, 6) is -3.61. The van der Waals surface area contributed by atoms with Gasteiger partial charge in [-0.05, 0) is 125 Å². The van der Waals surface area contributed by atoms with E-state index in [1.54, 1.807) is 133 Å². The number of nitrogens with zero attached hydrogens (tertiary/aromatic N) is 4. The Kier molecular flexibility index (Phi) is 26.1. The van der Waals surface area contributed by atoms with Crippen LogP contribution >= 0.6 is 0 Å². The van der Waals surface area contributed by atoms with Crippen LogP contribution in [0.1, 0.15) is 114 Å². The molecule has 4 unspecified atom stereocenters. The molecule has 3 amide bonds. The molecule has 2 aliphatic rings. The van der Waals surface area contributed by atoms with E-state index >= 15 is 0 Å². The van der Waals surface area contributed by atoms with Crippen LogP contribution in [0.4, 0.5) is 47.3 Å². The molecule has 0 saturated heterocycles. The number of hydrogen-bond donors (Lipinski definition) is 5. The number of nitrogens with two attached hydrogens (primary N) is 1. The third-order valence-corrected chi connectivity index (χ3v) is 16.0. The number of carboxylic acids is 1. The summed E-state index contributed by atoms with van der Waals surface area (Å²) >= 11 is 0. The summed E-state index contributed by atoms with van der Waals surface area (Å²) in [7, 11) is -8.42. The molecule has 0 bridgehead atoms. The van der Waals surface area contributed by atoms with E-state index in [1.165, 1.54) is 46.4 Å². The van der Waals surface area contributed by atoms with Crippen molar-refractivity contribution in [2.45, 2.75) is 151 Å². The van der Waals surface area contributed by atoms with Crippen molar-refractivity contribution in [1.29, 1.82) is 0 Å². The lowest BCUT2D eigenvalue weighted by Crippen LogP contribution is -2.49. The highest BCUT2D eigenvalue weighted by Crippen LogP contribution is 2.41. The average molecular weight is 1400 g/mol. The minimum atomic E-state index is -4.65. The number of carboxylic acid groups (broad SMARTS) is 1. The van der Waals surface area contributed by atoms with Crippen molar-refractivity contribution >= 4 is 78.8 Å². The van der Waals surface area contributed by atoms with Crippen molar-refractivity contribution in [1.82, 2.24) is 15.4 Å². The number of rotatable bonds is 21. The fourth-order valence-electron chi connectivity index (χ4n) is 9.11. The van der Waals surface area contributed by atoms with Gasteiger partial charge in [0, 0.05) is 25.7 Å². The zero-order valence-electron chi connectivity index (χ0n) is 53.2. The van der Waals surface area contributed by atoms with Crippen molar-refractivity contribution in [3.8, 4) is 0 Å². The molecular formula is C66H72F6N8O15S2. The van der Waals surface area contributed by atoms with Crippen LogP contribution in [0.5, 0.6) is 0 Å². The number of halogens is 6. The number of carbonyl (C=O) groups is 6. The van der Waals surface area contributed by atoms with Gasteiger partial charge in [0.05, 0.1) is 33.2 Å². The minimum Gasteiger partial charge on any atom is -0.480 e. The summed E-state index contributed by atoms with van der Waals surface area (Å²) in [6.45, 7) is 9.89. The highest BCUT2D eigenvalue weighted by molar-refractivity contribution is 7.90. The van der Waals surface area contributed by atoms with Gasteiger partial charge in [-0.25, -0.2) is 41.1 Å². The first-order valence-corrected chi connectivity index (χ1v) is 32.8. The van der Waals surface area contributed by atoms with Crippen LogP contribution in [0.15, 0.2) is 190 Å². The molecular weight excluding hydrogens is 1320 g/mol. The number of carbonyl (C=O) groups excluding carboxylic acids is 5. The van der Waals surface area contributed by atoms with Crippen LogP contribution in [-0.2, 0) is 71.4 Å². The van der Waals surface area contributed by atoms with E-state index in [9.17, 15) is 71.9 Å². The van der Waals surface area contributed by atoms with E-state index < -0.39 is 122 Å². The smallest absolute Gasteiger partial charge is 0.431 e. The van der Waals surface area contributed by atoms with Gasteiger partial charge in [-0.2, -0.15) is 36.5 Å². The third kappa shape index (κ3) is 24.7. The van der Waals surface area contributed by atoms with Crippen molar-refractivity contribution in [3.63, 3.8) is 0 Å². The van der Waals surface area contributed by atoms with Crippen molar-refractivity contribution in [2.75, 3.05) is 10.0 Å². The largest absolute Gasteiger partial charge is 0.480 e. The normalized spacial score (nSPS) is 15.5. The molecule has 31 heteroatoms. The van der Waals surface area contributed by atoms with Gasteiger partial charge >= 0.3 is 42.4 Å². The third-order valence-electron chi connectivity index (χ3n) is 13.7. The maximum atomic E-state index is 13.6. The van der Waals surface area contributed by atoms with Gasteiger partial charge in [0.1, 0.15) is 47.9 Å². The second-order valence-corrected chi connectivity index (χ2v) is 26.9. The number of nitrogens with one attached hydrogen (secondary N) is 3. The summed E-state index contributed by atoms with van der Waals surface area (Å²) in [5, 5.41) is 28.6. The molecule has 6 aromatic rings. The van der Waals surface area contributed by atoms with Gasteiger partial charge in [-0.1, -0.05) is 121 Å². The molecule has 6 aromatic carbocycles. The van der Waals surface area contributed by atoms with E-state index in [4.69, 9.17) is 29.2 Å². The maximum absolute atomic E-state index is 13.6. The van der Waals surface area contributed by atoms with Crippen LogP contribution < -0.4 is 30.5 Å². The lowest BCUT2D eigenvalue weighted by atomic mass is 10.0. The van der Waals surface area contributed by atoms with Gasteiger partial charge in [-0.3, -0.25) is 24.4 Å². The number of esters is 2. The number of hydrazone groups is 2. The first kappa shape index (κ1) is 76.1. The molecule has 97 heavy (non-hydrogen) atoms. The molecule has 0 aromatic heterocycles. The van der Waals surface area contributed by atoms with E-state index in [0.717, 1.165) is 23.3 Å². The standard InChI is InChI=1S/C33H35F3N4O7S.C17H23NO6.C16H14F3N3O2S/c1-32(2,3)47-31(43)37-26(18-19-29(41)46-21-22-10-6-4-7-11-22)30(42)39-48(44,45)25-16-14-24(15-17-25)40-27(23-12-8-5-9-13-23)20-28(38-40)33(34,35)36;1-17(2,3)24-16(22)18-13(15(20)21)9-10-14(19)23-11-12-7-5-4-6-8-12;17-16(18,19)15-10-14(11-4-2-1-3-5-11)22(21-15)12-6-8-13(9-7-12)25(20,23)24/h4-17,26-27H,18-21H2,1-3H3,(H,37,43)(H,39,42);4-8,13H,9-11H2,1-3H3,(H,18,22)(H,20,21);1-9,14H,10H2,(H2,20,23,24). The molecule has 4 atom stereocenters. The SMILES string of the molecule is CC(C)(C)OC(=O)NC(CCC(=O)OCc1ccccc1)C(=O)NS(=O)(=O)c1ccc(N2N=C(C(F)(F)F)CC2c2ccccc2)cc1.CC(C)(C)OC(=O)NC(CCC(=O)OCc1ccccc1)C(=O)O.NS(=O)(=O)c1ccc(N2N=C(C(F)(F)F)CC2c2ccccc2)cc1. The molecule has 0 aliphatic carbocycles. The number of alkyl carbamates (subject to hydrolysis) is 2. The Labute approximate surface area is 556 Å². The Morgan fingerprint density at radius 2 is 0.866 bits per heavy atom. The van der Waals surface area contributed by atoms with E-state index in [0.29, 0.717) is 16.8 Å². The summed E-state index contributed by atoms with van der Waals surface area (Å²) in [5.41, 5.74) is -0.158.